The molecule has 0 saturated heterocycles. The quantitative estimate of drug-likeness (QED) is 0.942. The summed E-state index contributed by atoms with van der Waals surface area (Å²) in [6.45, 7) is 1.81. The molecule has 0 aromatic heterocycles. The third-order valence-electron chi connectivity index (χ3n) is 3.27. The van der Waals surface area contributed by atoms with Crippen molar-refractivity contribution in [2.45, 2.75) is 11.8 Å². The highest BCUT2D eigenvalue weighted by Gasteiger charge is 2.18. The minimum absolute atomic E-state index is 0.145. The number of carbonyl (C=O) groups is 1. The summed E-state index contributed by atoms with van der Waals surface area (Å²) in [6.07, 6.45) is 0. The Bertz CT molecular complexity index is 784. The van der Waals surface area contributed by atoms with Crippen molar-refractivity contribution in [2.24, 2.45) is 0 Å². The molecule has 0 radical (unpaired) electrons. The molecule has 0 aliphatic heterocycles. The van der Waals surface area contributed by atoms with Gasteiger partial charge in [-0.05, 0) is 36.8 Å². The molecule has 6 heteroatoms. The normalized spacial score (nSPS) is 11.5. The van der Waals surface area contributed by atoms with Crippen LogP contribution in [0.4, 0.5) is 5.69 Å². The van der Waals surface area contributed by atoms with Crippen molar-refractivity contribution in [2.75, 3.05) is 19.4 Å². The first-order valence-corrected chi connectivity index (χ1v) is 8.16. The fourth-order valence-electron chi connectivity index (χ4n) is 1.89. The Morgan fingerprint density at radius 3 is 2.27 bits per heavy atom. The Labute approximate surface area is 130 Å². The highest BCUT2D eigenvalue weighted by Crippen LogP contribution is 2.22. The molecule has 0 spiro atoms. The molecule has 0 atom stereocenters. The monoisotopic (exact) mass is 318 g/mol. The minimum atomic E-state index is -3.53. The van der Waals surface area contributed by atoms with E-state index in [2.05, 4.69) is 5.32 Å². The van der Waals surface area contributed by atoms with Crippen LogP contribution in [0.1, 0.15) is 15.9 Å². The molecule has 2 aromatic rings. The summed E-state index contributed by atoms with van der Waals surface area (Å²) in [6, 6.07) is 13.5. The summed E-state index contributed by atoms with van der Waals surface area (Å²) in [5.41, 5.74) is 1.79. The van der Waals surface area contributed by atoms with Gasteiger partial charge < -0.3 is 5.32 Å². The zero-order valence-electron chi connectivity index (χ0n) is 12.7. The number of nitrogens with zero attached hydrogens (tertiary/aromatic N) is 1. The lowest BCUT2D eigenvalue weighted by atomic mass is 10.1. The second kappa shape index (κ2) is 6.29. The van der Waals surface area contributed by atoms with Crippen molar-refractivity contribution in [1.29, 1.82) is 0 Å². The molecule has 2 aromatic carbocycles. The summed E-state index contributed by atoms with van der Waals surface area (Å²) in [5.74, 6) is -0.275. The van der Waals surface area contributed by atoms with Crippen LogP contribution in [0, 0.1) is 6.92 Å². The number of sulfonamides is 1. The summed E-state index contributed by atoms with van der Waals surface area (Å²) in [7, 11) is -0.595. The SMILES string of the molecule is Cc1ccc(S(=O)(=O)N(C)C)cc1NC(=O)c1ccccc1. The van der Waals surface area contributed by atoms with Crippen molar-refractivity contribution >= 4 is 21.6 Å². The van der Waals surface area contributed by atoms with Crippen LogP contribution < -0.4 is 5.32 Å². The van der Waals surface area contributed by atoms with Crippen LogP contribution in [-0.2, 0) is 10.0 Å². The number of nitrogens with one attached hydrogen (secondary N) is 1. The van der Waals surface area contributed by atoms with Crippen LogP contribution in [-0.4, -0.2) is 32.7 Å². The molecule has 2 rings (SSSR count). The van der Waals surface area contributed by atoms with Crippen LogP contribution in [0.3, 0.4) is 0 Å². The lowest BCUT2D eigenvalue weighted by Crippen LogP contribution is -2.22. The third-order valence-corrected chi connectivity index (χ3v) is 5.08. The average Bonchev–Trinajstić information content (AvgIpc) is 2.50. The van der Waals surface area contributed by atoms with Gasteiger partial charge >= 0.3 is 0 Å². The Morgan fingerprint density at radius 2 is 1.68 bits per heavy atom. The number of anilines is 1. The molecule has 1 N–H and O–H groups in total. The van der Waals surface area contributed by atoms with Gasteiger partial charge in [0.2, 0.25) is 10.0 Å². The zero-order valence-corrected chi connectivity index (χ0v) is 13.5. The first-order valence-electron chi connectivity index (χ1n) is 6.72. The minimum Gasteiger partial charge on any atom is -0.322 e. The van der Waals surface area contributed by atoms with Crippen LogP contribution in [0.5, 0.6) is 0 Å². The van der Waals surface area contributed by atoms with Crippen molar-refractivity contribution in [3.05, 3.63) is 59.7 Å². The number of rotatable bonds is 4. The van der Waals surface area contributed by atoms with E-state index in [1.54, 1.807) is 30.3 Å². The van der Waals surface area contributed by atoms with Gasteiger partial charge in [0.1, 0.15) is 0 Å². The molecular weight excluding hydrogens is 300 g/mol. The van der Waals surface area contributed by atoms with Gasteiger partial charge in [0.15, 0.2) is 0 Å². The highest BCUT2D eigenvalue weighted by molar-refractivity contribution is 7.89. The zero-order chi connectivity index (χ0) is 16.3. The maximum Gasteiger partial charge on any atom is 0.255 e. The lowest BCUT2D eigenvalue weighted by molar-refractivity contribution is 0.102. The molecule has 0 unspecified atom stereocenters. The summed E-state index contributed by atoms with van der Waals surface area (Å²) in [5, 5.41) is 2.76. The van der Waals surface area contributed by atoms with E-state index in [4.69, 9.17) is 0 Å². The van der Waals surface area contributed by atoms with Crippen LogP contribution in [0.15, 0.2) is 53.4 Å². The molecular formula is C16H18N2O3S. The molecule has 22 heavy (non-hydrogen) atoms. The maximum absolute atomic E-state index is 12.2. The number of benzene rings is 2. The van der Waals surface area contributed by atoms with Crippen LogP contribution >= 0.6 is 0 Å². The highest BCUT2D eigenvalue weighted by atomic mass is 32.2. The Balaban J connectivity index is 2.34. The van der Waals surface area contributed by atoms with E-state index >= 15 is 0 Å². The first kappa shape index (κ1) is 16.2. The van der Waals surface area contributed by atoms with Gasteiger partial charge in [-0.3, -0.25) is 4.79 Å². The number of hydrogen-bond donors (Lipinski definition) is 1. The number of hydrogen-bond acceptors (Lipinski definition) is 3. The van der Waals surface area contributed by atoms with Gasteiger partial charge in [-0.2, -0.15) is 0 Å². The molecule has 0 saturated carbocycles. The van der Waals surface area contributed by atoms with Crippen molar-refractivity contribution in [1.82, 2.24) is 4.31 Å². The van der Waals surface area contributed by atoms with Gasteiger partial charge in [0, 0.05) is 25.3 Å². The number of aryl methyl sites for hydroxylation is 1. The molecule has 5 nitrogen and oxygen atoms in total. The number of amides is 1. The smallest absolute Gasteiger partial charge is 0.255 e. The van der Waals surface area contributed by atoms with Crippen molar-refractivity contribution in [3.8, 4) is 0 Å². The van der Waals surface area contributed by atoms with E-state index in [-0.39, 0.29) is 10.8 Å². The summed E-state index contributed by atoms with van der Waals surface area (Å²) >= 11 is 0. The third kappa shape index (κ3) is 3.35. The number of carbonyl (C=O) groups excluding carboxylic acids is 1. The van der Waals surface area contributed by atoms with Gasteiger partial charge in [-0.1, -0.05) is 24.3 Å². The van der Waals surface area contributed by atoms with E-state index in [0.717, 1.165) is 9.87 Å². The molecule has 116 valence electrons. The fourth-order valence-corrected chi connectivity index (χ4v) is 2.82. The van der Waals surface area contributed by atoms with Gasteiger partial charge in [-0.15, -0.1) is 0 Å². The predicted octanol–water partition coefficient (Wildman–Crippen LogP) is 2.50. The first-order chi connectivity index (χ1) is 10.3. The topological polar surface area (TPSA) is 66.5 Å². The predicted molar refractivity (Wildman–Crippen MR) is 86.4 cm³/mol. The van der Waals surface area contributed by atoms with Crippen LogP contribution in [0.2, 0.25) is 0 Å². The van der Waals surface area contributed by atoms with Crippen molar-refractivity contribution in [3.63, 3.8) is 0 Å². The average molecular weight is 318 g/mol. The molecule has 0 fully saturated rings. The van der Waals surface area contributed by atoms with E-state index < -0.39 is 10.0 Å². The van der Waals surface area contributed by atoms with E-state index in [1.165, 1.54) is 26.2 Å². The maximum atomic E-state index is 12.2. The van der Waals surface area contributed by atoms with Gasteiger partial charge in [0.05, 0.1) is 4.90 Å². The summed E-state index contributed by atoms with van der Waals surface area (Å²) < 4.78 is 25.5. The Morgan fingerprint density at radius 1 is 1.05 bits per heavy atom. The van der Waals surface area contributed by atoms with Crippen molar-refractivity contribution < 1.29 is 13.2 Å². The van der Waals surface area contributed by atoms with E-state index in [9.17, 15) is 13.2 Å². The lowest BCUT2D eigenvalue weighted by Gasteiger charge is -2.14. The fraction of sp³-hybridized carbons (Fsp3) is 0.188. The van der Waals surface area contributed by atoms with E-state index in [1.807, 2.05) is 13.0 Å². The summed E-state index contributed by atoms with van der Waals surface area (Å²) in [4.78, 5) is 12.3. The Kier molecular flexibility index (Phi) is 4.63. The van der Waals surface area contributed by atoms with Gasteiger partial charge in [0.25, 0.3) is 5.91 Å². The van der Waals surface area contributed by atoms with Gasteiger partial charge in [-0.25, -0.2) is 12.7 Å². The van der Waals surface area contributed by atoms with E-state index in [0.29, 0.717) is 11.3 Å². The molecule has 0 aliphatic carbocycles. The Hall–Kier alpha value is -2.18. The van der Waals surface area contributed by atoms with Crippen LogP contribution in [0.25, 0.3) is 0 Å². The molecule has 0 heterocycles. The second-order valence-corrected chi connectivity index (χ2v) is 7.24. The second-order valence-electron chi connectivity index (χ2n) is 5.08. The largest absolute Gasteiger partial charge is 0.322 e. The molecule has 1 amide bonds. The standard InChI is InChI=1S/C16H18N2O3S/c1-12-9-10-14(22(20,21)18(2)3)11-15(12)17-16(19)13-7-5-4-6-8-13/h4-11H,1-3H3,(H,17,19). The molecule has 0 bridgehead atoms. The molecule has 0 aliphatic rings.